The van der Waals surface area contributed by atoms with Gasteiger partial charge in [-0.2, -0.15) is 0 Å². The van der Waals surface area contributed by atoms with Gasteiger partial charge in [0.1, 0.15) is 0 Å². The highest BCUT2D eigenvalue weighted by molar-refractivity contribution is 6.31. The SMILES string of the molecule is Cc1ccc(NC(=O)CNc2cccc(C(=O)N3CCCCC3)c2)cc1Cl. The van der Waals surface area contributed by atoms with Crippen molar-refractivity contribution in [3.05, 3.63) is 58.6 Å². The van der Waals surface area contributed by atoms with Crippen molar-refractivity contribution in [2.24, 2.45) is 0 Å². The van der Waals surface area contributed by atoms with E-state index in [1.54, 1.807) is 12.1 Å². The molecule has 0 atom stereocenters. The van der Waals surface area contributed by atoms with Gasteiger partial charge in [0.2, 0.25) is 5.91 Å². The predicted molar refractivity (Wildman–Crippen MR) is 110 cm³/mol. The molecule has 1 aliphatic heterocycles. The van der Waals surface area contributed by atoms with Crippen molar-refractivity contribution >= 4 is 34.8 Å². The van der Waals surface area contributed by atoms with Crippen LogP contribution in [0.15, 0.2) is 42.5 Å². The maximum atomic E-state index is 12.6. The molecule has 6 heteroatoms. The van der Waals surface area contributed by atoms with Gasteiger partial charge >= 0.3 is 0 Å². The molecule has 0 aromatic heterocycles. The molecule has 0 spiro atoms. The van der Waals surface area contributed by atoms with E-state index in [1.807, 2.05) is 42.2 Å². The number of benzene rings is 2. The van der Waals surface area contributed by atoms with Gasteiger partial charge in [0.25, 0.3) is 5.91 Å². The van der Waals surface area contributed by atoms with Gasteiger partial charge in [-0.3, -0.25) is 9.59 Å². The number of rotatable bonds is 5. The standard InChI is InChI=1S/C21H24ClN3O2/c1-15-8-9-18(13-19(15)22)24-20(26)14-23-17-7-5-6-16(12-17)21(27)25-10-3-2-4-11-25/h5-9,12-13,23H,2-4,10-11,14H2,1H3,(H,24,26). The van der Waals surface area contributed by atoms with E-state index in [2.05, 4.69) is 10.6 Å². The minimum atomic E-state index is -0.178. The van der Waals surface area contributed by atoms with Crippen LogP contribution in [0.2, 0.25) is 5.02 Å². The minimum Gasteiger partial charge on any atom is -0.376 e. The zero-order chi connectivity index (χ0) is 19.2. The number of hydrogen-bond acceptors (Lipinski definition) is 3. The van der Waals surface area contributed by atoms with Crippen LogP contribution in [0.25, 0.3) is 0 Å². The van der Waals surface area contributed by atoms with Gasteiger partial charge in [-0.15, -0.1) is 0 Å². The number of nitrogens with zero attached hydrogens (tertiary/aromatic N) is 1. The average Bonchev–Trinajstić information content (AvgIpc) is 2.69. The number of carbonyl (C=O) groups excluding carboxylic acids is 2. The third kappa shape index (κ3) is 5.23. The normalized spacial score (nSPS) is 13.9. The molecule has 2 N–H and O–H groups in total. The second kappa shape index (κ2) is 8.91. The molecule has 0 aliphatic carbocycles. The summed E-state index contributed by atoms with van der Waals surface area (Å²) in [6, 6.07) is 12.7. The van der Waals surface area contributed by atoms with Crippen molar-refractivity contribution in [3.63, 3.8) is 0 Å². The molecule has 0 radical (unpaired) electrons. The maximum absolute atomic E-state index is 12.6. The number of hydrogen-bond donors (Lipinski definition) is 2. The van der Waals surface area contributed by atoms with E-state index in [0.29, 0.717) is 16.3 Å². The summed E-state index contributed by atoms with van der Waals surface area (Å²) >= 11 is 6.08. The van der Waals surface area contributed by atoms with Gasteiger partial charge in [0.15, 0.2) is 0 Å². The van der Waals surface area contributed by atoms with Crippen molar-refractivity contribution in [2.75, 3.05) is 30.3 Å². The molecule has 1 heterocycles. The molecule has 5 nitrogen and oxygen atoms in total. The topological polar surface area (TPSA) is 61.4 Å². The van der Waals surface area contributed by atoms with Crippen molar-refractivity contribution in [2.45, 2.75) is 26.2 Å². The summed E-state index contributed by atoms with van der Waals surface area (Å²) in [4.78, 5) is 26.7. The molecule has 2 aromatic carbocycles. The average molecular weight is 386 g/mol. The van der Waals surface area contributed by atoms with Crippen LogP contribution in [0.4, 0.5) is 11.4 Å². The highest BCUT2D eigenvalue weighted by Crippen LogP contribution is 2.20. The van der Waals surface area contributed by atoms with Gasteiger partial charge in [-0.1, -0.05) is 23.7 Å². The van der Waals surface area contributed by atoms with Crippen molar-refractivity contribution in [1.82, 2.24) is 4.90 Å². The Morgan fingerprint density at radius 1 is 1.04 bits per heavy atom. The molecule has 1 aliphatic rings. The summed E-state index contributed by atoms with van der Waals surface area (Å²) in [6.45, 7) is 3.65. The number of aryl methyl sites for hydroxylation is 1. The Bertz CT molecular complexity index is 832. The molecule has 0 saturated carbocycles. The number of likely N-dealkylation sites (tertiary alicyclic amines) is 1. The molecule has 2 aromatic rings. The Morgan fingerprint density at radius 2 is 1.81 bits per heavy atom. The summed E-state index contributed by atoms with van der Waals surface area (Å²) in [5.74, 6) is -0.125. The Labute approximate surface area is 164 Å². The van der Waals surface area contributed by atoms with Gasteiger partial charge in [0.05, 0.1) is 6.54 Å². The van der Waals surface area contributed by atoms with Crippen molar-refractivity contribution < 1.29 is 9.59 Å². The van der Waals surface area contributed by atoms with E-state index >= 15 is 0 Å². The summed E-state index contributed by atoms with van der Waals surface area (Å²) in [7, 11) is 0. The Kier molecular flexibility index (Phi) is 6.35. The van der Waals surface area contributed by atoms with Gasteiger partial charge in [-0.05, 0) is 62.1 Å². The van der Waals surface area contributed by atoms with E-state index in [9.17, 15) is 9.59 Å². The highest BCUT2D eigenvalue weighted by Gasteiger charge is 2.18. The minimum absolute atomic E-state index is 0.0529. The highest BCUT2D eigenvalue weighted by atomic mass is 35.5. The van der Waals surface area contributed by atoms with Crippen LogP contribution in [0.5, 0.6) is 0 Å². The van der Waals surface area contributed by atoms with Crippen LogP contribution in [-0.2, 0) is 4.79 Å². The second-order valence-electron chi connectivity index (χ2n) is 6.80. The molecule has 2 amide bonds. The molecule has 142 valence electrons. The first kappa shape index (κ1) is 19.2. The molecule has 3 rings (SSSR count). The summed E-state index contributed by atoms with van der Waals surface area (Å²) in [6.07, 6.45) is 3.31. The van der Waals surface area contributed by atoms with Gasteiger partial charge in [-0.25, -0.2) is 0 Å². The zero-order valence-electron chi connectivity index (χ0n) is 15.4. The fraction of sp³-hybridized carbons (Fsp3) is 0.333. The quantitative estimate of drug-likeness (QED) is 0.805. The predicted octanol–water partition coefficient (Wildman–Crippen LogP) is 4.33. The van der Waals surface area contributed by atoms with Gasteiger partial charge in [0, 0.05) is 35.1 Å². The Balaban J connectivity index is 1.56. The number of anilines is 2. The Morgan fingerprint density at radius 3 is 2.56 bits per heavy atom. The van der Waals surface area contributed by atoms with E-state index in [0.717, 1.165) is 37.2 Å². The van der Waals surface area contributed by atoms with E-state index in [1.165, 1.54) is 6.42 Å². The first-order valence-corrected chi connectivity index (χ1v) is 9.60. The molecule has 0 unspecified atom stereocenters. The van der Waals surface area contributed by atoms with Crippen LogP contribution in [-0.4, -0.2) is 36.3 Å². The maximum Gasteiger partial charge on any atom is 0.253 e. The second-order valence-corrected chi connectivity index (χ2v) is 7.21. The lowest BCUT2D eigenvalue weighted by atomic mass is 10.1. The third-order valence-electron chi connectivity index (χ3n) is 4.66. The van der Waals surface area contributed by atoms with E-state index in [4.69, 9.17) is 11.6 Å². The van der Waals surface area contributed by atoms with Gasteiger partial charge < -0.3 is 15.5 Å². The molecule has 1 fully saturated rings. The van der Waals surface area contributed by atoms with Crippen LogP contribution in [0.1, 0.15) is 35.2 Å². The number of piperidine rings is 1. The third-order valence-corrected chi connectivity index (χ3v) is 5.07. The Hall–Kier alpha value is -2.53. The number of halogens is 1. The summed E-state index contributed by atoms with van der Waals surface area (Å²) < 4.78 is 0. The first-order chi connectivity index (χ1) is 13.0. The fourth-order valence-corrected chi connectivity index (χ4v) is 3.28. The summed E-state index contributed by atoms with van der Waals surface area (Å²) in [5.41, 5.74) is 3.01. The fourth-order valence-electron chi connectivity index (χ4n) is 3.10. The van der Waals surface area contributed by atoms with Crippen LogP contribution >= 0.6 is 11.6 Å². The molecular formula is C21H24ClN3O2. The summed E-state index contributed by atoms with van der Waals surface area (Å²) in [5, 5.41) is 6.50. The first-order valence-electron chi connectivity index (χ1n) is 9.22. The van der Waals surface area contributed by atoms with E-state index < -0.39 is 0 Å². The number of carbonyl (C=O) groups is 2. The molecule has 1 saturated heterocycles. The van der Waals surface area contributed by atoms with Crippen LogP contribution in [0.3, 0.4) is 0 Å². The van der Waals surface area contributed by atoms with Crippen LogP contribution in [0, 0.1) is 6.92 Å². The number of amides is 2. The lowest BCUT2D eigenvalue weighted by Crippen LogP contribution is -2.35. The number of nitrogens with one attached hydrogen (secondary N) is 2. The van der Waals surface area contributed by atoms with Crippen LogP contribution < -0.4 is 10.6 Å². The molecular weight excluding hydrogens is 362 g/mol. The molecule has 27 heavy (non-hydrogen) atoms. The lowest BCUT2D eigenvalue weighted by molar-refractivity contribution is -0.114. The smallest absolute Gasteiger partial charge is 0.253 e. The van der Waals surface area contributed by atoms with Crippen molar-refractivity contribution in [3.8, 4) is 0 Å². The largest absolute Gasteiger partial charge is 0.376 e. The van der Waals surface area contributed by atoms with E-state index in [-0.39, 0.29) is 18.4 Å². The lowest BCUT2D eigenvalue weighted by Gasteiger charge is -2.26. The van der Waals surface area contributed by atoms with Crippen molar-refractivity contribution in [1.29, 1.82) is 0 Å². The zero-order valence-corrected chi connectivity index (χ0v) is 16.2. The monoisotopic (exact) mass is 385 g/mol. The molecule has 0 bridgehead atoms.